The summed E-state index contributed by atoms with van der Waals surface area (Å²) < 4.78 is 21.7. The lowest BCUT2D eigenvalue weighted by Crippen LogP contribution is -2.30. The van der Waals surface area contributed by atoms with Crippen molar-refractivity contribution < 1.29 is 28.8 Å². The molecule has 0 unspecified atom stereocenters. The molecule has 2 aromatic rings. The van der Waals surface area contributed by atoms with Gasteiger partial charge in [-0.1, -0.05) is 29.8 Å². The van der Waals surface area contributed by atoms with E-state index in [2.05, 4.69) is 0 Å². The van der Waals surface area contributed by atoms with E-state index in [1.807, 2.05) is 63.2 Å². The summed E-state index contributed by atoms with van der Waals surface area (Å²) in [6, 6.07) is 15.0. The molecule has 29 heavy (non-hydrogen) atoms. The Morgan fingerprint density at radius 3 is 2.28 bits per heavy atom. The number of ether oxygens (including phenoxy) is 4. The molecule has 0 spiro atoms. The molecule has 0 fully saturated rings. The van der Waals surface area contributed by atoms with Crippen molar-refractivity contribution in [2.75, 3.05) is 20.3 Å². The minimum atomic E-state index is -0.771. The topological polar surface area (TPSA) is 74.2 Å². The second-order valence-corrected chi connectivity index (χ2v) is 7.14. The fourth-order valence-electron chi connectivity index (χ4n) is 2.69. The van der Waals surface area contributed by atoms with Gasteiger partial charge in [-0.15, -0.1) is 0 Å². The summed E-state index contributed by atoms with van der Waals surface area (Å²) in [5.41, 5.74) is 2.03. The normalized spacial score (nSPS) is 13.0. The van der Waals surface area contributed by atoms with E-state index in [4.69, 9.17) is 18.9 Å². The number of carbonyl (C=O) groups excluding carboxylic acids is 1. The van der Waals surface area contributed by atoms with Crippen LogP contribution in [0.4, 0.5) is 0 Å². The summed E-state index contributed by atoms with van der Waals surface area (Å²) in [6.45, 7) is 5.97. The Bertz CT molecular complexity index is 756. The molecule has 6 nitrogen and oxygen atoms in total. The van der Waals surface area contributed by atoms with E-state index in [1.54, 1.807) is 6.07 Å². The third-order valence-corrected chi connectivity index (χ3v) is 4.13. The number of benzene rings is 2. The van der Waals surface area contributed by atoms with Crippen molar-refractivity contribution in [2.24, 2.45) is 0 Å². The zero-order valence-corrected chi connectivity index (χ0v) is 17.5. The maximum absolute atomic E-state index is 11.9. The first-order valence-corrected chi connectivity index (χ1v) is 9.70. The number of methoxy groups -OCH3 is 1. The van der Waals surface area contributed by atoms with Gasteiger partial charge in [-0.2, -0.15) is 0 Å². The van der Waals surface area contributed by atoms with Crippen LogP contribution in [-0.4, -0.2) is 49.7 Å². The number of rotatable bonds is 11. The second kappa shape index (κ2) is 11.4. The summed E-state index contributed by atoms with van der Waals surface area (Å²) in [5, 5.41) is 10.1. The molecule has 2 aromatic carbocycles. The predicted molar refractivity (Wildman–Crippen MR) is 110 cm³/mol. The smallest absolute Gasteiger partial charge is 0.335 e. The van der Waals surface area contributed by atoms with Gasteiger partial charge >= 0.3 is 5.97 Å². The zero-order valence-electron chi connectivity index (χ0n) is 17.5. The highest BCUT2D eigenvalue weighted by atomic mass is 16.6. The van der Waals surface area contributed by atoms with Crippen LogP contribution in [0.25, 0.3) is 0 Å². The fourth-order valence-corrected chi connectivity index (χ4v) is 2.69. The standard InChI is InChI=1S/C23H30O6/c1-16(2)29-22(23(25)26-4)13-18-6-5-7-21(12-18)28-15-19(24)14-27-20-10-8-17(3)9-11-20/h5-12,16,19,22,24H,13-15H2,1-4H3/t19-,22-/m0/s1. The Kier molecular flexibility index (Phi) is 8.96. The molecule has 0 saturated heterocycles. The maximum Gasteiger partial charge on any atom is 0.335 e. The molecule has 6 heteroatoms. The van der Waals surface area contributed by atoms with Crippen molar-refractivity contribution in [3.8, 4) is 11.5 Å². The minimum absolute atomic E-state index is 0.0952. The summed E-state index contributed by atoms with van der Waals surface area (Å²) in [5.74, 6) is 0.898. The van der Waals surface area contributed by atoms with Crippen molar-refractivity contribution >= 4 is 5.97 Å². The van der Waals surface area contributed by atoms with E-state index in [0.29, 0.717) is 17.9 Å². The highest BCUT2D eigenvalue weighted by Crippen LogP contribution is 2.17. The summed E-state index contributed by atoms with van der Waals surface area (Å²) >= 11 is 0. The van der Waals surface area contributed by atoms with Gasteiger partial charge in [-0.25, -0.2) is 4.79 Å². The molecule has 1 N–H and O–H groups in total. The molecule has 0 radical (unpaired) electrons. The van der Waals surface area contributed by atoms with Gasteiger partial charge in [0.15, 0.2) is 6.10 Å². The first-order valence-electron chi connectivity index (χ1n) is 9.70. The number of aryl methyl sites for hydroxylation is 1. The molecule has 0 amide bonds. The molecule has 0 aliphatic rings. The van der Waals surface area contributed by atoms with Crippen molar-refractivity contribution in [3.63, 3.8) is 0 Å². The van der Waals surface area contributed by atoms with Gasteiger partial charge in [0.25, 0.3) is 0 Å². The average Bonchev–Trinajstić information content (AvgIpc) is 2.70. The first kappa shape index (κ1) is 22.7. The minimum Gasteiger partial charge on any atom is -0.491 e. The molecule has 0 aliphatic heterocycles. The lowest BCUT2D eigenvalue weighted by Gasteiger charge is -2.19. The van der Waals surface area contributed by atoms with Gasteiger partial charge in [0.05, 0.1) is 13.2 Å². The van der Waals surface area contributed by atoms with E-state index < -0.39 is 18.2 Å². The van der Waals surface area contributed by atoms with Crippen LogP contribution in [-0.2, 0) is 20.7 Å². The lowest BCUT2D eigenvalue weighted by molar-refractivity contribution is -0.156. The molecule has 0 bridgehead atoms. The number of aliphatic hydroxyl groups is 1. The highest BCUT2D eigenvalue weighted by molar-refractivity contribution is 5.75. The highest BCUT2D eigenvalue weighted by Gasteiger charge is 2.22. The van der Waals surface area contributed by atoms with E-state index in [-0.39, 0.29) is 19.3 Å². The van der Waals surface area contributed by atoms with Crippen molar-refractivity contribution in [3.05, 3.63) is 59.7 Å². The molecule has 2 atom stereocenters. The van der Waals surface area contributed by atoms with Crippen LogP contribution in [0.5, 0.6) is 11.5 Å². The summed E-state index contributed by atoms with van der Waals surface area (Å²) in [6.07, 6.45) is -1.17. The Hall–Kier alpha value is -2.57. The molecule has 2 rings (SSSR count). The Morgan fingerprint density at radius 1 is 1.00 bits per heavy atom. The molecular weight excluding hydrogens is 372 g/mol. The van der Waals surface area contributed by atoms with Gasteiger partial charge in [0, 0.05) is 6.42 Å². The predicted octanol–water partition coefficient (Wildman–Crippen LogP) is 3.32. The van der Waals surface area contributed by atoms with Crippen LogP contribution in [0, 0.1) is 6.92 Å². The molecule has 0 heterocycles. The van der Waals surface area contributed by atoms with E-state index in [1.165, 1.54) is 7.11 Å². The number of aliphatic hydroxyl groups excluding tert-OH is 1. The molecule has 0 aliphatic carbocycles. The van der Waals surface area contributed by atoms with E-state index in [9.17, 15) is 9.90 Å². The summed E-state index contributed by atoms with van der Waals surface area (Å²) in [4.78, 5) is 11.9. The Labute approximate surface area is 172 Å². The van der Waals surface area contributed by atoms with E-state index in [0.717, 1.165) is 11.1 Å². The van der Waals surface area contributed by atoms with Gasteiger partial charge in [0.1, 0.15) is 30.8 Å². The monoisotopic (exact) mass is 402 g/mol. The van der Waals surface area contributed by atoms with Gasteiger partial charge in [-0.05, 0) is 50.6 Å². The van der Waals surface area contributed by atoms with Crippen molar-refractivity contribution in [1.29, 1.82) is 0 Å². The molecule has 158 valence electrons. The van der Waals surface area contributed by atoms with Crippen molar-refractivity contribution in [1.82, 2.24) is 0 Å². The van der Waals surface area contributed by atoms with Crippen LogP contribution < -0.4 is 9.47 Å². The molecule has 0 saturated carbocycles. The average molecular weight is 402 g/mol. The van der Waals surface area contributed by atoms with Gasteiger partial charge < -0.3 is 24.1 Å². The Balaban J connectivity index is 1.86. The molecular formula is C23H30O6. The van der Waals surface area contributed by atoms with Crippen LogP contribution >= 0.6 is 0 Å². The van der Waals surface area contributed by atoms with Gasteiger partial charge in [-0.3, -0.25) is 0 Å². The SMILES string of the molecule is COC(=O)[C@H](Cc1cccc(OC[C@@H](O)COc2ccc(C)cc2)c1)OC(C)C. The Morgan fingerprint density at radius 2 is 1.66 bits per heavy atom. The third-order valence-electron chi connectivity index (χ3n) is 4.13. The zero-order chi connectivity index (χ0) is 21.2. The number of hydrogen-bond donors (Lipinski definition) is 1. The van der Waals surface area contributed by atoms with Crippen LogP contribution in [0.15, 0.2) is 48.5 Å². The number of hydrogen-bond acceptors (Lipinski definition) is 6. The largest absolute Gasteiger partial charge is 0.491 e. The molecule has 0 aromatic heterocycles. The van der Waals surface area contributed by atoms with Crippen LogP contribution in [0.2, 0.25) is 0 Å². The van der Waals surface area contributed by atoms with Crippen LogP contribution in [0.3, 0.4) is 0 Å². The van der Waals surface area contributed by atoms with E-state index >= 15 is 0 Å². The third kappa shape index (κ3) is 8.13. The second-order valence-electron chi connectivity index (χ2n) is 7.14. The van der Waals surface area contributed by atoms with Crippen LogP contribution in [0.1, 0.15) is 25.0 Å². The number of carbonyl (C=O) groups is 1. The quantitative estimate of drug-likeness (QED) is 0.581. The van der Waals surface area contributed by atoms with Crippen molar-refractivity contribution in [2.45, 2.75) is 45.5 Å². The number of esters is 1. The summed E-state index contributed by atoms with van der Waals surface area (Å²) in [7, 11) is 1.35. The first-order chi connectivity index (χ1) is 13.9. The van der Waals surface area contributed by atoms with Gasteiger partial charge in [0.2, 0.25) is 0 Å². The fraction of sp³-hybridized carbons (Fsp3) is 0.435. The maximum atomic E-state index is 11.9. The lowest BCUT2D eigenvalue weighted by atomic mass is 10.1.